The van der Waals surface area contributed by atoms with Crippen molar-refractivity contribution < 1.29 is 5.11 Å². The molecule has 3 unspecified atom stereocenters. The van der Waals surface area contributed by atoms with E-state index in [2.05, 4.69) is 43.1 Å². The minimum atomic E-state index is -0.0457. The maximum absolute atomic E-state index is 9.58. The van der Waals surface area contributed by atoms with E-state index >= 15 is 0 Å². The largest absolute Gasteiger partial charge is 0.394 e. The molecule has 0 aromatic rings. The SMILES string of the molecule is CCN(C(C)CN(C)C)C1CCC(CO)(NC)C1. The molecule has 4 heteroatoms. The molecule has 1 aliphatic carbocycles. The maximum Gasteiger partial charge on any atom is 0.0613 e. The monoisotopic (exact) mass is 257 g/mol. The van der Waals surface area contributed by atoms with Crippen LogP contribution in [0.4, 0.5) is 0 Å². The van der Waals surface area contributed by atoms with Crippen molar-refractivity contribution in [1.82, 2.24) is 15.1 Å². The van der Waals surface area contributed by atoms with Gasteiger partial charge in [0.15, 0.2) is 0 Å². The van der Waals surface area contributed by atoms with Crippen LogP contribution in [0.25, 0.3) is 0 Å². The molecule has 3 atom stereocenters. The van der Waals surface area contributed by atoms with Gasteiger partial charge in [-0.05, 0) is 53.9 Å². The van der Waals surface area contributed by atoms with Crippen LogP contribution >= 0.6 is 0 Å². The molecule has 18 heavy (non-hydrogen) atoms. The van der Waals surface area contributed by atoms with Gasteiger partial charge in [-0.2, -0.15) is 0 Å². The molecule has 0 aromatic heterocycles. The van der Waals surface area contributed by atoms with Gasteiger partial charge < -0.3 is 15.3 Å². The van der Waals surface area contributed by atoms with Gasteiger partial charge in [-0.15, -0.1) is 0 Å². The summed E-state index contributed by atoms with van der Waals surface area (Å²) < 4.78 is 0. The number of hydrogen-bond acceptors (Lipinski definition) is 4. The number of likely N-dealkylation sites (N-methyl/N-ethyl adjacent to an activating group) is 3. The number of nitrogens with zero attached hydrogens (tertiary/aromatic N) is 2. The topological polar surface area (TPSA) is 38.7 Å². The molecule has 0 spiro atoms. The summed E-state index contributed by atoms with van der Waals surface area (Å²) in [6, 6.07) is 1.17. The van der Waals surface area contributed by atoms with Crippen molar-refractivity contribution in [2.24, 2.45) is 0 Å². The Hall–Kier alpha value is -0.160. The van der Waals surface area contributed by atoms with Gasteiger partial charge in [-0.25, -0.2) is 0 Å². The Balaban J connectivity index is 2.62. The quantitative estimate of drug-likeness (QED) is 0.706. The average Bonchev–Trinajstić information content (AvgIpc) is 2.74. The highest BCUT2D eigenvalue weighted by molar-refractivity contribution is 4.99. The highest BCUT2D eigenvalue weighted by Gasteiger charge is 2.40. The van der Waals surface area contributed by atoms with Gasteiger partial charge in [-0.3, -0.25) is 4.90 Å². The molecule has 1 fully saturated rings. The first-order valence-corrected chi connectivity index (χ1v) is 7.18. The van der Waals surface area contributed by atoms with Crippen molar-refractivity contribution in [3.63, 3.8) is 0 Å². The zero-order valence-electron chi connectivity index (χ0n) is 12.7. The summed E-state index contributed by atoms with van der Waals surface area (Å²) in [6.45, 7) is 6.98. The Morgan fingerprint density at radius 1 is 1.44 bits per heavy atom. The molecule has 0 heterocycles. The van der Waals surface area contributed by atoms with Crippen LogP contribution in [0.2, 0.25) is 0 Å². The highest BCUT2D eigenvalue weighted by atomic mass is 16.3. The standard InChI is InChI=1S/C14H31N3O/c1-6-17(12(2)10-16(4)5)13-7-8-14(9-13,11-18)15-3/h12-13,15,18H,6-11H2,1-5H3. The van der Waals surface area contributed by atoms with Gasteiger partial charge in [0.05, 0.1) is 6.61 Å². The first-order valence-electron chi connectivity index (χ1n) is 7.18. The summed E-state index contributed by atoms with van der Waals surface area (Å²) in [5, 5.41) is 12.9. The predicted molar refractivity (Wildman–Crippen MR) is 76.9 cm³/mol. The molecule has 0 amide bonds. The van der Waals surface area contributed by atoms with Crippen LogP contribution in [0.5, 0.6) is 0 Å². The molecule has 1 aliphatic rings. The van der Waals surface area contributed by atoms with Gasteiger partial charge in [0, 0.05) is 24.2 Å². The Labute approximate surface area is 112 Å². The minimum absolute atomic E-state index is 0.0457. The number of aliphatic hydroxyl groups excluding tert-OH is 1. The molecule has 4 nitrogen and oxygen atoms in total. The fourth-order valence-electron chi connectivity index (χ4n) is 3.39. The molecule has 0 radical (unpaired) electrons. The van der Waals surface area contributed by atoms with Crippen LogP contribution in [-0.4, -0.2) is 73.4 Å². The van der Waals surface area contributed by atoms with E-state index in [1.54, 1.807) is 0 Å². The smallest absolute Gasteiger partial charge is 0.0613 e. The first kappa shape index (κ1) is 15.9. The zero-order chi connectivity index (χ0) is 13.8. The number of aliphatic hydroxyl groups is 1. The van der Waals surface area contributed by atoms with Crippen LogP contribution in [-0.2, 0) is 0 Å². The maximum atomic E-state index is 9.58. The Morgan fingerprint density at radius 3 is 2.50 bits per heavy atom. The summed E-state index contributed by atoms with van der Waals surface area (Å²) >= 11 is 0. The molecule has 0 bridgehead atoms. The normalized spacial score (nSPS) is 30.3. The molecule has 0 saturated heterocycles. The number of rotatable bonds is 7. The molecular weight excluding hydrogens is 226 g/mol. The van der Waals surface area contributed by atoms with Crippen LogP contribution in [0, 0.1) is 0 Å². The van der Waals surface area contributed by atoms with Crippen molar-refractivity contribution in [3.05, 3.63) is 0 Å². The van der Waals surface area contributed by atoms with Crippen LogP contribution < -0.4 is 5.32 Å². The van der Waals surface area contributed by atoms with Crippen molar-refractivity contribution in [3.8, 4) is 0 Å². The summed E-state index contributed by atoms with van der Waals surface area (Å²) in [5.41, 5.74) is -0.0457. The fourth-order valence-corrected chi connectivity index (χ4v) is 3.39. The minimum Gasteiger partial charge on any atom is -0.394 e. The van der Waals surface area contributed by atoms with Crippen molar-refractivity contribution >= 4 is 0 Å². The lowest BCUT2D eigenvalue weighted by molar-refractivity contribution is 0.113. The fraction of sp³-hybridized carbons (Fsp3) is 1.00. The third-order valence-corrected chi connectivity index (χ3v) is 4.45. The van der Waals surface area contributed by atoms with Gasteiger partial charge in [0.1, 0.15) is 0 Å². The van der Waals surface area contributed by atoms with Crippen molar-refractivity contribution in [1.29, 1.82) is 0 Å². The lowest BCUT2D eigenvalue weighted by Gasteiger charge is -2.36. The second-order valence-electron chi connectivity index (χ2n) is 6.03. The number of hydrogen-bond donors (Lipinski definition) is 2. The molecule has 2 N–H and O–H groups in total. The van der Waals surface area contributed by atoms with E-state index in [0.717, 1.165) is 25.9 Å². The van der Waals surface area contributed by atoms with E-state index < -0.39 is 0 Å². The second-order valence-corrected chi connectivity index (χ2v) is 6.03. The van der Waals surface area contributed by atoms with Gasteiger partial charge >= 0.3 is 0 Å². The zero-order valence-corrected chi connectivity index (χ0v) is 12.7. The molecule has 108 valence electrons. The van der Waals surface area contributed by atoms with Gasteiger partial charge in [0.2, 0.25) is 0 Å². The van der Waals surface area contributed by atoms with E-state index in [9.17, 15) is 5.11 Å². The third kappa shape index (κ3) is 3.67. The van der Waals surface area contributed by atoms with Crippen LogP contribution in [0.15, 0.2) is 0 Å². The molecule has 0 aromatic carbocycles. The molecule has 1 saturated carbocycles. The molecule has 1 rings (SSSR count). The van der Waals surface area contributed by atoms with E-state index in [1.807, 2.05) is 7.05 Å². The van der Waals surface area contributed by atoms with E-state index in [0.29, 0.717) is 12.1 Å². The van der Waals surface area contributed by atoms with Crippen molar-refractivity contribution in [2.45, 2.75) is 50.7 Å². The van der Waals surface area contributed by atoms with Gasteiger partial charge in [-0.1, -0.05) is 6.92 Å². The molecular formula is C14H31N3O. The lowest BCUT2D eigenvalue weighted by Crippen LogP contribution is -2.49. The number of nitrogens with one attached hydrogen (secondary N) is 1. The first-order chi connectivity index (χ1) is 8.48. The van der Waals surface area contributed by atoms with E-state index in [1.165, 1.54) is 6.42 Å². The van der Waals surface area contributed by atoms with E-state index in [4.69, 9.17) is 0 Å². The third-order valence-electron chi connectivity index (χ3n) is 4.45. The van der Waals surface area contributed by atoms with Crippen LogP contribution in [0.1, 0.15) is 33.1 Å². The second kappa shape index (κ2) is 6.85. The highest BCUT2D eigenvalue weighted by Crippen LogP contribution is 2.33. The molecule has 0 aliphatic heterocycles. The Bertz CT molecular complexity index is 241. The summed E-state index contributed by atoms with van der Waals surface area (Å²) in [5.74, 6) is 0. The van der Waals surface area contributed by atoms with Crippen molar-refractivity contribution in [2.75, 3.05) is 40.8 Å². The Morgan fingerprint density at radius 2 is 2.11 bits per heavy atom. The predicted octanol–water partition coefficient (Wildman–Crippen LogP) is 0.761. The van der Waals surface area contributed by atoms with Gasteiger partial charge in [0.25, 0.3) is 0 Å². The van der Waals surface area contributed by atoms with E-state index in [-0.39, 0.29) is 12.1 Å². The summed E-state index contributed by atoms with van der Waals surface area (Å²) in [6.07, 6.45) is 3.33. The summed E-state index contributed by atoms with van der Waals surface area (Å²) in [4.78, 5) is 4.84. The summed E-state index contributed by atoms with van der Waals surface area (Å²) in [7, 11) is 6.23. The lowest BCUT2D eigenvalue weighted by atomic mass is 9.98. The average molecular weight is 257 g/mol. The van der Waals surface area contributed by atoms with Crippen LogP contribution in [0.3, 0.4) is 0 Å². The Kier molecular flexibility index (Phi) is 6.05.